The molecule has 0 saturated carbocycles. The van der Waals surface area contributed by atoms with Gasteiger partial charge in [-0.05, 0) is 35.9 Å². The third-order valence-electron chi connectivity index (χ3n) is 2.40. The largest absolute Gasteiger partial charge is 0.478 e. The van der Waals surface area contributed by atoms with Crippen LogP contribution in [0, 0.1) is 0 Å². The van der Waals surface area contributed by atoms with Gasteiger partial charge in [-0.2, -0.15) is 0 Å². The molecule has 0 bridgehead atoms. The zero-order chi connectivity index (χ0) is 13.8. The van der Waals surface area contributed by atoms with E-state index in [1.807, 2.05) is 0 Å². The number of hydrogen-bond acceptors (Lipinski definition) is 2. The molecule has 0 unspecified atom stereocenters. The Labute approximate surface area is 120 Å². The van der Waals surface area contributed by atoms with Gasteiger partial charge in [-0.1, -0.05) is 35.3 Å². The summed E-state index contributed by atoms with van der Waals surface area (Å²) >= 11 is 11.8. The monoisotopic (exact) mass is 293 g/mol. The zero-order valence-corrected chi connectivity index (χ0v) is 11.2. The van der Waals surface area contributed by atoms with Crippen molar-refractivity contribution in [1.82, 2.24) is 0 Å². The number of aromatic carboxylic acids is 1. The van der Waals surface area contributed by atoms with Crippen molar-refractivity contribution in [2.24, 2.45) is 4.99 Å². The lowest BCUT2D eigenvalue weighted by Crippen LogP contribution is -1.96. The molecule has 96 valence electrons. The van der Waals surface area contributed by atoms with E-state index in [-0.39, 0.29) is 5.56 Å². The Morgan fingerprint density at radius 3 is 2.63 bits per heavy atom. The van der Waals surface area contributed by atoms with Crippen LogP contribution in [0.4, 0.5) is 5.69 Å². The minimum absolute atomic E-state index is 0.214. The van der Waals surface area contributed by atoms with E-state index in [0.29, 0.717) is 21.3 Å². The Morgan fingerprint density at radius 2 is 1.95 bits per heavy atom. The van der Waals surface area contributed by atoms with Crippen molar-refractivity contribution < 1.29 is 9.90 Å². The molecule has 0 aromatic heterocycles. The first-order valence-electron chi connectivity index (χ1n) is 5.39. The quantitative estimate of drug-likeness (QED) is 0.851. The molecule has 0 radical (unpaired) electrons. The van der Waals surface area contributed by atoms with Crippen molar-refractivity contribution in [2.75, 3.05) is 0 Å². The number of aliphatic imine (C=N–C) groups is 1. The molecule has 0 aliphatic rings. The molecule has 0 aliphatic carbocycles. The maximum atomic E-state index is 10.8. The van der Waals surface area contributed by atoms with Crippen LogP contribution in [-0.4, -0.2) is 17.3 Å². The maximum absolute atomic E-state index is 10.8. The van der Waals surface area contributed by atoms with Crippen molar-refractivity contribution in [3.8, 4) is 0 Å². The van der Waals surface area contributed by atoms with Gasteiger partial charge in [-0.3, -0.25) is 4.99 Å². The van der Waals surface area contributed by atoms with Crippen LogP contribution in [-0.2, 0) is 0 Å². The van der Waals surface area contributed by atoms with E-state index in [9.17, 15) is 4.79 Å². The number of rotatable bonds is 3. The van der Waals surface area contributed by atoms with Crippen LogP contribution in [0.2, 0.25) is 10.0 Å². The fourth-order valence-electron chi connectivity index (χ4n) is 1.48. The summed E-state index contributed by atoms with van der Waals surface area (Å²) in [7, 11) is 0. The van der Waals surface area contributed by atoms with Crippen molar-refractivity contribution in [2.45, 2.75) is 0 Å². The Kier molecular flexibility index (Phi) is 4.20. The molecule has 0 heterocycles. The van der Waals surface area contributed by atoms with Gasteiger partial charge in [-0.15, -0.1) is 0 Å². The van der Waals surface area contributed by atoms with Crippen LogP contribution >= 0.6 is 23.2 Å². The first-order chi connectivity index (χ1) is 9.06. The van der Waals surface area contributed by atoms with Crippen molar-refractivity contribution in [3.63, 3.8) is 0 Å². The summed E-state index contributed by atoms with van der Waals surface area (Å²) in [4.78, 5) is 15.0. The number of nitrogens with zero attached hydrogens (tertiary/aromatic N) is 1. The fraction of sp³-hybridized carbons (Fsp3) is 0. The zero-order valence-electron chi connectivity index (χ0n) is 9.68. The van der Waals surface area contributed by atoms with Crippen LogP contribution in [0.15, 0.2) is 47.5 Å². The van der Waals surface area contributed by atoms with Gasteiger partial charge in [-0.25, -0.2) is 4.79 Å². The lowest BCUT2D eigenvalue weighted by Gasteiger charge is -1.99. The van der Waals surface area contributed by atoms with Gasteiger partial charge < -0.3 is 5.11 Å². The summed E-state index contributed by atoms with van der Waals surface area (Å²) in [6, 6.07) is 11.5. The van der Waals surface area contributed by atoms with E-state index in [1.165, 1.54) is 12.1 Å². The highest BCUT2D eigenvalue weighted by Gasteiger charge is 2.02. The van der Waals surface area contributed by atoms with Gasteiger partial charge in [0.25, 0.3) is 0 Å². The van der Waals surface area contributed by atoms with Crippen LogP contribution in [0.25, 0.3) is 0 Å². The number of carboxylic acids is 1. The van der Waals surface area contributed by atoms with Gasteiger partial charge in [0, 0.05) is 11.2 Å². The lowest BCUT2D eigenvalue weighted by atomic mass is 10.1. The van der Waals surface area contributed by atoms with E-state index >= 15 is 0 Å². The standard InChI is InChI=1S/C14H9Cl2NO2/c15-11-4-5-13(12(16)7-11)17-8-9-2-1-3-10(6-9)14(18)19/h1-8H,(H,18,19). The van der Waals surface area contributed by atoms with Gasteiger partial charge in [0.1, 0.15) is 0 Å². The van der Waals surface area contributed by atoms with Gasteiger partial charge >= 0.3 is 5.97 Å². The highest BCUT2D eigenvalue weighted by atomic mass is 35.5. The molecule has 0 aliphatic heterocycles. The molecule has 0 atom stereocenters. The summed E-state index contributed by atoms with van der Waals surface area (Å²) in [6.07, 6.45) is 1.56. The first kappa shape index (κ1) is 13.6. The van der Waals surface area contributed by atoms with E-state index in [2.05, 4.69) is 4.99 Å². The molecule has 0 saturated heterocycles. The topological polar surface area (TPSA) is 49.7 Å². The minimum Gasteiger partial charge on any atom is -0.478 e. The normalized spacial score (nSPS) is 10.8. The molecular formula is C14H9Cl2NO2. The Hall–Kier alpha value is -1.84. The SMILES string of the molecule is O=C(O)c1cccc(C=Nc2ccc(Cl)cc2Cl)c1. The summed E-state index contributed by atoms with van der Waals surface area (Å²) in [5, 5.41) is 9.87. The van der Waals surface area contributed by atoms with Crippen LogP contribution in [0.3, 0.4) is 0 Å². The van der Waals surface area contributed by atoms with Crippen LogP contribution in [0.1, 0.15) is 15.9 Å². The van der Waals surface area contributed by atoms with Crippen molar-refractivity contribution in [1.29, 1.82) is 0 Å². The maximum Gasteiger partial charge on any atom is 0.335 e. The predicted molar refractivity (Wildman–Crippen MR) is 77.1 cm³/mol. The smallest absolute Gasteiger partial charge is 0.335 e. The number of halogens is 2. The Bertz CT molecular complexity index is 654. The molecular weight excluding hydrogens is 285 g/mol. The van der Waals surface area contributed by atoms with Crippen molar-refractivity contribution >= 4 is 41.1 Å². The first-order valence-corrected chi connectivity index (χ1v) is 6.14. The average Bonchev–Trinajstić information content (AvgIpc) is 2.38. The third kappa shape index (κ3) is 3.56. The fourth-order valence-corrected chi connectivity index (χ4v) is 1.94. The number of carbonyl (C=O) groups is 1. The second kappa shape index (κ2) is 5.87. The van der Waals surface area contributed by atoms with Crippen molar-refractivity contribution in [3.05, 3.63) is 63.6 Å². The van der Waals surface area contributed by atoms with E-state index in [0.717, 1.165) is 0 Å². The highest BCUT2D eigenvalue weighted by molar-refractivity contribution is 6.36. The molecule has 3 nitrogen and oxygen atoms in total. The number of hydrogen-bond donors (Lipinski definition) is 1. The predicted octanol–water partition coefficient (Wildman–Crippen LogP) is 4.44. The Balaban J connectivity index is 2.27. The average molecular weight is 294 g/mol. The summed E-state index contributed by atoms with van der Waals surface area (Å²) < 4.78 is 0. The molecule has 5 heteroatoms. The van der Waals surface area contributed by atoms with E-state index < -0.39 is 5.97 Å². The van der Waals surface area contributed by atoms with Gasteiger partial charge in [0.2, 0.25) is 0 Å². The second-order valence-electron chi connectivity index (χ2n) is 3.78. The van der Waals surface area contributed by atoms with E-state index in [4.69, 9.17) is 28.3 Å². The number of carboxylic acid groups (broad SMARTS) is 1. The van der Waals surface area contributed by atoms with Gasteiger partial charge in [0.15, 0.2) is 0 Å². The summed E-state index contributed by atoms with van der Waals surface area (Å²) in [6.45, 7) is 0. The summed E-state index contributed by atoms with van der Waals surface area (Å²) in [5.41, 5.74) is 1.48. The molecule has 2 aromatic rings. The highest BCUT2D eigenvalue weighted by Crippen LogP contribution is 2.27. The van der Waals surface area contributed by atoms with Crippen LogP contribution < -0.4 is 0 Å². The molecule has 0 amide bonds. The molecule has 1 N–H and O–H groups in total. The van der Waals surface area contributed by atoms with E-state index in [1.54, 1.807) is 36.5 Å². The minimum atomic E-state index is -0.972. The van der Waals surface area contributed by atoms with Gasteiger partial charge in [0.05, 0.1) is 16.3 Å². The Morgan fingerprint density at radius 1 is 1.16 bits per heavy atom. The lowest BCUT2D eigenvalue weighted by molar-refractivity contribution is 0.0697. The third-order valence-corrected chi connectivity index (χ3v) is 2.93. The number of benzene rings is 2. The molecule has 0 spiro atoms. The summed E-state index contributed by atoms with van der Waals surface area (Å²) in [5.74, 6) is -0.972. The molecule has 0 fully saturated rings. The van der Waals surface area contributed by atoms with Crippen LogP contribution in [0.5, 0.6) is 0 Å². The molecule has 2 aromatic carbocycles. The molecule has 2 rings (SSSR count). The second-order valence-corrected chi connectivity index (χ2v) is 4.63. The molecule has 19 heavy (non-hydrogen) atoms.